The fourth-order valence-electron chi connectivity index (χ4n) is 2.65. The quantitative estimate of drug-likeness (QED) is 0.479. The number of tetrazole rings is 1. The molecule has 31 heavy (non-hydrogen) atoms. The van der Waals surface area contributed by atoms with E-state index in [0.717, 1.165) is 5.56 Å². The Kier molecular flexibility index (Phi) is 7.25. The predicted octanol–water partition coefficient (Wildman–Crippen LogP) is 0.655. The van der Waals surface area contributed by atoms with Crippen LogP contribution in [0.4, 0.5) is 4.79 Å². The minimum absolute atomic E-state index is 0.0173. The monoisotopic (exact) mass is 422 g/mol. The predicted molar refractivity (Wildman–Crippen MR) is 111 cm³/mol. The molecule has 0 radical (unpaired) electrons. The molecule has 0 aliphatic carbocycles. The standard InChI is InChI=1S/C20H22N8O3/c1-27(13-15-5-3-2-4-6-15)20(31)21-12-11-18(29)23-24-19(30)16-7-9-17(10-8-16)28-14-22-25-26-28/h2-10,14H,11-13H2,1H3,(H,21,31)(H,23,29)(H,24,30). The van der Waals surface area contributed by atoms with Crippen molar-refractivity contribution in [2.45, 2.75) is 13.0 Å². The topological polar surface area (TPSA) is 134 Å². The molecule has 0 saturated heterocycles. The molecule has 3 rings (SSSR count). The molecular formula is C20H22N8O3. The summed E-state index contributed by atoms with van der Waals surface area (Å²) in [7, 11) is 1.67. The maximum atomic E-state index is 12.1. The van der Waals surface area contributed by atoms with Crippen LogP contribution in [0.3, 0.4) is 0 Å². The first-order valence-electron chi connectivity index (χ1n) is 9.48. The highest BCUT2D eigenvalue weighted by molar-refractivity contribution is 5.95. The fraction of sp³-hybridized carbons (Fsp3) is 0.200. The lowest BCUT2D eigenvalue weighted by Gasteiger charge is -2.18. The number of urea groups is 1. The lowest BCUT2D eigenvalue weighted by Crippen LogP contribution is -2.43. The van der Waals surface area contributed by atoms with Gasteiger partial charge in [-0.2, -0.15) is 0 Å². The summed E-state index contributed by atoms with van der Waals surface area (Å²) in [5.41, 5.74) is 6.72. The van der Waals surface area contributed by atoms with E-state index < -0.39 is 11.8 Å². The van der Waals surface area contributed by atoms with E-state index >= 15 is 0 Å². The van der Waals surface area contributed by atoms with Crippen molar-refractivity contribution in [1.82, 2.24) is 41.3 Å². The van der Waals surface area contributed by atoms with Crippen molar-refractivity contribution in [2.24, 2.45) is 0 Å². The van der Waals surface area contributed by atoms with Crippen LogP contribution in [0, 0.1) is 0 Å². The number of nitrogens with one attached hydrogen (secondary N) is 3. The Balaban J connectivity index is 1.36. The molecule has 0 aliphatic rings. The van der Waals surface area contributed by atoms with Gasteiger partial charge in [0.25, 0.3) is 5.91 Å². The third-order valence-corrected chi connectivity index (χ3v) is 4.30. The molecule has 4 amide bonds. The van der Waals surface area contributed by atoms with Gasteiger partial charge in [0.05, 0.1) is 5.69 Å². The van der Waals surface area contributed by atoms with Gasteiger partial charge >= 0.3 is 6.03 Å². The molecule has 1 heterocycles. The van der Waals surface area contributed by atoms with E-state index in [2.05, 4.69) is 31.7 Å². The zero-order valence-corrected chi connectivity index (χ0v) is 16.9. The van der Waals surface area contributed by atoms with Crippen LogP contribution in [0.2, 0.25) is 0 Å². The van der Waals surface area contributed by atoms with Crippen LogP contribution in [-0.2, 0) is 11.3 Å². The second kappa shape index (κ2) is 10.5. The molecule has 11 heteroatoms. The molecule has 11 nitrogen and oxygen atoms in total. The number of hydrogen-bond acceptors (Lipinski definition) is 6. The molecule has 3 N–H and O–H groups in total. The molecule has 2 aromatic carbocycles. The van der Waals surface area contributed by atoms with Gasteiger partial charge in [0.2, 0.25) is 5.91 Å². The molecule has 1 aromatic heterocycles. The largest absolute Gasteiger partial charge is 0.337 e. The van der Waals surface area contributed by atoms with Gasteiger partial charge in [0.1, 0.15) is 6.33 Å². The minimum Gasteiger partial charge on any atom is -0.337 e. The highest BCUT2D eigenvalue weighted by Gasteiger charge is 2.11. The number of carbonyl (C=O) groups excluding carboxylic acids is 3. The third kappa shape index (κ3) is 6.35. The van der Waals surface area contributed by atoms with Gasteiger partial charge in [-0.3, -0.25) is 20.4 Å². The van der Waals surface area contributed by atoms with Gasteiger partial charge in [-0.1, -0.05) is 30.3 Å². The zero-order chi connectivity index (χ0) is 22.1. The summed E-state index contributed by atoms with van der Waals surface area (Å²) in [5, 5.41) is 13.5. The van der Waals surface area contributed by atoms with Crippen molar-refractivity contribution in [3.05, 3.63) is 72.1 Å². The van der Waals surface area contributed by atoms with E-state index in [0.29, 0.717) is 17.8 Å². The van der Waals surface area contributed by atoms with Gasteiger partial charge in [-0.05, 0) is 40.3 Å². The van der Waals surface area contributed by atoms with Gasteiger partial charge in [-0.15, -0.1) is 5.10 Å². The first-order valence-corrected chi connectivity index (χ1v) is 9.48. The number of hydrazine groups is 1. The van der Waals surface area contributed by atoms with E-state index in [1.807, 2.05) is 30.3 Å². The van der Waals surface area contributed by atoms with Crippen LogP contribution in [0.1, 0.15) is 22.3 Å². The van der Waals surface area contributed by atoms with Crippen LogP contribution in [0.15, 0.2) is 60.9 Å². The van der Waals surface area contributed by atoms with Gasteiger partial charge in [0.15, 0.2) is 0 Å². The van der Waals surface area contributed by atoms with Crippen molar-refractivity contribution < 1.29 is 14.4 Å². The second-order valence-corrected chi connectivity index (χ2v) is 6.63. The van der Waals surface area contributed by atoms with Crippen molar-refractivity contribution >= 4 is 17.8 Å². The SMILES string of the molecule is CN(Cc1ccccc1)C(=O)NCCC(=O)NNC(=O)c1ccc(-n2cnnn2)cc1. The van der Waals surface area contributed by atoms with Crippen LogP contribution in [0.25, 0.3) is 5.69 Å². The van der Waals surface area contributed by atoms with Gasteiger partial charge in [0, 0.05) is 32.1 Å². The number of rotatable bonds is 7. The van der Waals surface area contributed by atoms with E-state index in [1.165, 1.54) is 15.9 Å². The Labute approximate surface area is 178 Å². The molecule has 0 unspecified atom stereocenters. The van der Waals surface area contributed by atoms with Crippen LogP contribution in [-0.4, -0.2) is 56.5 Å². The fourth-order valence-corrected chi connectivity index (χ4v) is 2.65. The summed E-state index contributed by atoms with van der Waals surface area (Å²) >= 11 is 0. The number of hydrogen-bond donors (Lipinski definition) is 3. The Hall–Kier alpha value is -4.28. The Morgan fingerprint density at radius 3 is 2.42 bits per heavy atom. The molecule has 0 spiro atoms. The number of amides is 4. The lowest BCUT2D eigenvalue weighted by molar-refractivity contribution is -0.121. The Morgan fingerprint density at radius 1 is 1.00 bits per heavy atom. The third-order valence-electron chi connectivity index (χ3n) is 4.30. The van der Waals surface area contributed by atoms with Crippen molar-refractivity contribution in [3.63, 3.8) is 0 Å². The number of benzene rings is 2. The average Bonchev–Trinajstić information content (AvgIpc) is 3.33. The molecule has 0 bridgehead atoms. The maximum absolute atomic E-state index is 12.1. The van der Waals surface area contributed by atoms with Crippen LogP contribution >= 0.6 is 0 Å². The van der Waals surface area contributed by atoms with E-state index in [4.69, 9.17) is 0 Å². The second-order valence-electron chi connectivity index (χ2n) is 6.63. The van der Waals surface area contributed by atoms with E-state index in [9.17, 15) is 14.4 Å². The van der Waals surface area contributed by atoms with Gasteiger partial charge in [-0.25, -0.2) is 9.48 Å². The molecule has 0 saturated carbocycles. The highest BCUT2D eigenvalue weighted by Crippen LogP contribution is 2.07. The zero-order valence-electron chi connectivity index (χ0n) is 16.9. The number of aromatic nitrogens is 4. The summed E-state index contributed by atoms with van der Waals surface area (Å²) in [6.07, 6.45) is 1.46. The summed E-state index contributed by atoms with van der Waals surface area (Å²) in [5.74, 6) is -0.895. The maximum Gasteiger partial charge on any atom is 0.317 e. The molecule has 0 atom stereocenters. The number of carbonyl (C=O) groups is 3. The summed E-state index contributed by atoms with van der Waals surface area (Å²) < 4.78 is 1.45. The molecular weight excluding hydrogens is 400 g/mol. The van der Waals surface area contributed by atoms with Crippen molar-refractivity contribution in [1.29, 1.82) is 0 Å². The molecule has 3 aromatic rings. The normalized spacial score (nSPS) is 10.2. The van der Waals surface area contributed by atoms with Gasteiger partial charge < -0.3 is 10.2 Å². The molecule has 0 aliphatic heterocycles. The lowest BCUT2D eigenvalue weighted by atomic mass is 10.2. The molecule has 0 fully saturated rings. The first-order chi connectivity index (χ1) is 15.0. The average molecular weight is 422 g/mol. The molecule has 160 valence electrons. The minimum atomic E-state index is -0.469. The smallest absolute Gasteiger partial charge is 0.317 e. The van der Waals surface area contributed by atoms with Crippen LogP contribution < -0.4 is 16.2 Å². The summed E-state index contributed by atoms with van der Waals surface area (Å²) in [6.45, 7) is 0.599. The summed E-state index contributed by atoms with van der Waals surface area (Å²) in [6, 6.07) is 15.8. The van der Waals surface area contributed by atoms with Crippen molar-refractivity contribution in [2.75, 3.05) is 13.6 Å². The summed E-state index contributed by atoms with van der Waals surface area (Å²) in [4.78, 5) is 37.7. The van der Waals surface area contributed by atoms with E-state index in [-0.39, 0.29) is 19.0 Å². The Bertz CT molecular complexity index is 1010. The first kappa shape index (κ1) is 21.4. The van der Waals surface area contributed by atoms with Crippen LogP contribution in [0.5, 0.6) is 0 Å². The Morgan fingerprint density at radius 2 is 1.74 bits per heavy atom. The van der Waals surface area contributed by atoms with Crippen molar-refractivity contribution in [3.8, 4) is 5.69 Å². The highest BCUT2D eigenvalue weighted by atomic mass is 16.2. The van der Waals surface area contributed by atoms with E-state index in [1.54, 1.807) is 31.3 Å². The number of nitrogens with zero attached hydrogens (tertiary/aromatic N) is 5.